The Balaban J connectivity index is 1.41. The molecule has 2 aromatic heterocycles. The van der Waals surface area contributed by atoms with Crippen LogP contribution in [0.1, 0.15) is 37.9 Å². The molecule has 3 N–H and O–H groups in total. The Morgan fingerprint density at radius 3 is 2.61 bits per heavy atom. The summed E-state index contributed by atoms with van der Waals surface area (Å²) in [5.74, 6) is -0.0325. The lowest BCUT2D eigenvalue weighted by Gasteiger charge is -2.10. The number of ether oxygens (including phenoxy) is 1. The second-order valence-electron chi connectivity index (χ2n) is 7.82. The summed E-state index contributed by atoms with van der Waals surface area (Å²) in [7, 11) is 0. The molecule has 0 fully saturated rings. The molecule has 0 saturated heterocycles. The molecule has 2 heterocycles. The second-order valence-corrected chi connectivity index (χ2v) is 8.85. The van der Waals surface area contributed by atoms with E-state index in [0.717, 1.165) is 39.4 Å². The van der Waals surface area contributed by atoms with Crippen LogP contribution in [0.25, 0.3) is 10.2 Å². The molecule has 0 amide bonds. The van der Waals surface area contributed by atoms with Gasteiger partial charge in [-0.25, -0.2) is 14.8 Å². The Bertz CT molecular complexity index is 1210. The fraction of sp³-hybridized carbons (Fsp3) is 0.292. The van der Waals surface area contributed by atoms with Crippen LogP contribution >= 0.6 is 11.3 Å². The molecule has 0 atom stereocenters. The number of hydrogen-bond donors (Lipinski definition) is 3. The summed E-state index contributed by atoms with van der Waals surface area (Å²) in [6.07, 6.45) is 0.167. The number of para-hydroxylation sites is 1. The Morgan fingerprint density at radius 2 is 1.91 bits per heavy atom. The number of aromatic nitrogens is 3. The smallest absolute Gasteiger partial charge is 0.423 e. The van der Waals surface area contributed by atoms with E-state index >= 15 is 0 Å². The van der Waals surface area contributed by atoms with Crippen LogP contribution in [0.2, 0.25) is 0 Å². The van der Waals surface area contributed by atoms with E-state index in [4.69, 9.17) is 4.74 Å². The minimum absolute atomic E-state index is 0.0495. The molecule has 0 spiro atoms. The van der Waals surface area contributed by atoms with Gasteiger partial charge in [-0.2, -0.15) is 4.57 Å². The number of carbonyl (C=O) groups excluding carboxylic acids is 1. The molecule has 0 aliphatic rings. The third-order valence-electron chi connectivity index (χ3n) is 5.07. The lowest BCUT2D eigenvalue weighted by Crippen LogP contribution is -2.15. The van der Waals surface area contributed by atoms with Crippen LogP contribution < -0.4 is 10.6 Å². The van der Waals surface area contributed by atoms with Gasteiger partial charge in [0.05, 0.1) is 16.8 Å². The molecule has 0 unspecified atom stereocenters. The molecule has 0 bridgehead atoms. The molecule has 4 rings (SSSR count). The molecule has 172 valence electrons. The zero-order valence-electron chi connectivity index (χ0n) is 18.8. The summed E-state index contributed by atoms with van der Waals surface area (Å²) in [5.41, 5.74) is 3.36. The lowest BCUT2D eigenvalue weighted by atomic mass is 10.1. The van der Waals surface area contributed by atoms with Crippen molar-refractivity contribution < 1.29 is 14.6 Å². The Labute approximate surface area is 196 Å². The number of carbonyl (C=O) groups is 1. The van der Waals surface area contributed by atoms with Gasteiger partial charge in [0, 0.05) is 18.2 Å². The van der Waals surface area contributed by atoms with Crippen molar-refractivity contribution in [3.63, 3.8) is 0 Å². The van der Waals surface area contributed by atoms with Crippen molar-refractivity contribution in [3.05, 3.63) is 59.8 Å². The summed E-state index contributed by atoms with van der Waals surface area (Å²) in [4.78, 5) is 21.4. The van der Waals surface area contributed by atoms with Gasteiger partial charge in [-0.1, -0.05) is 49.4 Å². The highest BCUT2D eigenvalue weighted by atomic mass is 32.1. The van der Waals surface area contributed by atoms with Crippen molar-refractivity contribution in [1.29, 1.82) is 0 Å². The zero-order chi connectivity index (χ0) is 23.4. The summed E-state index contributed by atoms with van der Waals surface area (Å²) in [5, 5.41) is 17.9. The van der Waals surface area contributed by atoms with E-state index in [2.05, 4.69) is 26.7 Å². The van der Waals surface area contributed by atoms with E-state index < -0.39 is 6.09 Å². The van der Waals surface area contributed by atoms with Gasteiger partial charge in [0.1, 0.15) is 5.69 Å². The number of thiazole rings is 1. The van der Waals surface area contributed by atoms with Gasteiger partial charge in [-0.15, -0.1) is 0 Å². The minimum Gasteiger partial charge on any atom is -0.493 e. The van der Waals surface area contributed by atoms with E-state index in [1.54, 1.807) is 18.3 Å². The molecular formula is C24H27N5O3S. The summed E-state index contributed by atoms with van der Waals surface area (Å²) < 4.78 is 7.31. The SMILES string of the molecule is CCOC(=O)n1c(Nc2ccc(CCNc3nc4ccccc4s3)cc2)nc(C(C)C)c1O. The molecule has 0 aliphatic heterocycles. The van der Waals surface area contributed by atoms with Crippen LogP contribution in [0.4, 0.5) is 21.6 Å². The molecule has 0 aliphatic carbocycles. The minimum atomic E-state index is -0.672. The average molecular weight is 466 g/mol. The van der Waals surface area contributed by atoms with Gasteiger partial charge in [0.25, 0.3) is 0 Å². The van der Waals surface area contributed by atoms with E-state index in [1.807, 2.05) is 56.3 Å². The van der Waals surface area contributed by atoms with Crippen LogP contribution in [-0.2, 0) is 11.2 Å². The van der Waals surface area contributed by atoms with Crippen molar-refractivity contribution in [3.8, 4) is 5.88 Å². The normalized spacial score (nSPS) is 11.2. The number of fused-ring (bicyclic) bond motifs is 1. The van der Waals surface area contributed by atoms with E-state index in [0.29, 0.717) is 5.69 Å². The number of aromatic hydroxyl groups is 1. The average Bonchev–Trinajstić information content (AvgIpc) is 3.35. The summed E-state index contributed by atoms with van der Waals surface area (Å²) >= 11 is 1.65. The van der Waals surface area contributed by atoms with Crippen molar-refractivity contribution >= 4 is 44.4 Å². The Morgan fingerprint density at radius 1 is 1.15 bits per heavy atom. The van der Waals surface area contributed by atoms with Gasteiger partial charge in [0.15, 0.2) is 5.13 Å². The monoisotopic (exact) mass is 465 g/mol. The second kappa shape index (κ2) is 9.91. The summed E-state index contributed by atoms with van der Waals surface area (Å²) in [6, 6.07) is 16.0. The summed E-state index contributed by atoms with van der Waals surface area (Å²) in [6.45, 7) is 6.49. The van der Waals surface area contributed by atoms with Crippen LogP contribution in [-0.4, -0.2) is 38.9 Å². The first-order valence-corrected chi connectivity index (χ1v) is 11.7. The highest BCUT2D eigenvalue weighted by molar-refractivity contribution is 7.22. The first-order valence-electron chi connectivity index (χ1n) is 10.9. The molecule has 4 aromatic rings. The number of benzene rings is 2. The number of imidazole rings is 1. The number of anilines is 3. The van der Waals surface area contributed by atoms with E-state index in [1.165, 1.54) is 4.70 Å². The third-order valence-corrected chi connectivity index (χ3v) is 6.06. The highest BCUT2D eigenvalue weighted by Crippen LogP contribution is 2.30. The maximum Gasteiger partial charge on any atom is 0.423 e. The number of nitrogens with zero attached hydrogens (tertiary/aromatic N) is 3. The fourth-order valence-corrected chi connectivity index (χ4v) is 4.30. The van der Waals surface area contributed by atoms with Gasteiger partial charge in [-0.05, 0) is 43.2 Å². The highest BCUT2D eigenvalue weighted by Gasteiger charge is 2.24. The molecule has 33 heavy (non-hydrogen) atoms. The van der Waals surface area contributed by atoms with Gasteiger partial charge in [-0.3, -0.25) is 0 Å². The predicted octanol–water partition coefficient (Wildman–Crippen LogP) is 5.72. The predicted molar refractivity (Wildman–Crippen MR) is 132 cm³/mol. The standard InChI is InChI=1S/C24H27N5O3S/c1-4-32-24(31)29-21(30)20(15(2)3)28-22(29)26-17-11-9-16(10-12-17)13-14-25-23-27-18-7-5-6-8-19(18)33-23/h5-12,15,30H,4,13-14H2,1-3H3,(H,25,27)(H,26,28). The van der Waals surface area contributed by atoms with E-state index in [-0.39, 0.29) is 24.4 Å². The molecule has 9 heteroatoms. The number of rotatable bonds is 8. The zero-order valence-corrected chi connectivity index (χ0v) is 19.6. The third kappa shape index (κ3) is 5.09. The lowest BCUT2D eigenvalue weighted by molar-refractivity contribution is 0.152. The Hall–Kier alpha value is -3.59. The fourth-order valence-electron chi connectivity index (χ4n) is 3.41. The maximum absolute atomic E-state index is 12.3. The van der Waals surface area contributed by atoms with E-state index in [9.17, 15) is 9.90 Å². The topological polar surface area (TPSA) is 101 Å². The molecule has 8 nitrogen and oxygen atoms in total. The van der Waals surface area contributed by atoms with Crippen molar-refractivity contribution in [1.82, 2.24) is 14.5 Å². The van der Waals surface area contributed by atoms with Gasteiger partial charge < -0.3 is 20.5 Å². The number of nitrogens with one attached hydrogen (secondary N) is 2. The molecule has 0 saturated carbocycles. The van der Waals surface area contributed by atoms with Crippen molar-refractivity contribution in [2.75, 3.05) is 23.8 Å². The van der Waals surface area contributed by atoms with Crippen LogP contribution in [0.5, 0.6) is 5.88 Å². The molecule has 0 radical (unpaired) electrons. The quantitative estimate of drug-likeness (QED) is 0.306. The van der Waals surface area contributed by atoms with Gasteiger partial charge >= 0.3 is 6.09 Å². The van der Waals surface area contributed by atoms with Crippen molar-refractivity contribution in [2.24, 2.45) is 0 Å². The van der Waals surface area contributed by atoms with Gasteiger partial charge in [0.2, 0.25) is 11.8 Å². The molecule has 2 aromatic carbocycles. The Kier molecular flexibility index (Phi) is 6.79. The van der Waals surface area contributed by atoms with Crippen LogP contribution in [0, 0.1) is 0 Å². The first-order chi connectivity index (χ1) is 16.0. The first kappa shape index (κ1) is 22.6. The van der Waals surface area contributed by atoms with Crippen LogP contribution in [0.15, 0.2) is 48.5 Å². The largest absolute Gasteiger partial charge is 0.493 e. The van der Waals surface area contributed by atoms with Crippen LogP contribution in [0.3, 0.4) is 0 Å². The van der Waals surface area contributed by atoms with Crippen molar-refractivity contribution in [2.45, 2.75) is 33.1 Å². The molecular weight excluding hydrogens is 438 g/mol. The number of hydrogen-bond acceptors (Lipinski definition) is 8. The maximum atomic E-state index is 12.3.